The van der Waals surface area contributed by atoms with Crippen LogP contribution in [0.2, 0.25) is 0 Å². The van der Waals surface area contributed by atoms with Crippen LogP contribution in [0.4, 0.5) is 4.79 Å². The lowest BCUT2D eigenvalue weighted by Gasteiger charge is -2.29. The number of allylic oxidation sites excluding steroid dienone is 1. The smallest absolute Gasteiger partial charge is 0.417 e. The molecule has 0 unspecified atom stereocenters. The van der Waals surface area contributed by atoms with Gasteiger partial charge in [-0.25, -0.2) is 9.69 Å². The molecule has 0 saturated carbocycles. The van der Waals surface area contributed by atoms with Gasteiger partial charge in [-0.3, -0.25) is 9.59 Å². The molecule has 0 aliphatic carbocycles. The summed E-state index contributed by atoms with van der Waals surface area (Å²) >= 11 is 0. The van der Waals surface area contributed by atoms with Gasteiger partial charge in [0.25, 0.3) is 0 Å². The first-order valence-corrected chi connectivity index (χ1v) is 13.0. The number of carbonyl (C=O) groups excluding carboxylic acids is 3. The van der Waals surface area contributed by atoms with Crippen LogP contribution in [0.3, 0.4) is 0 Å². The average Bonchev–Trinajstić information content (AvgIpc) is 3.36. The van der Waals surface area contributed by atoms with Gasteiger partial charge in [0.1, 0.15) is 24.5 Å². The van der Waals surface area contributed by atoms with Crippen LogP contribution in [0, 0.1) is 5.92 Å². The zero-order valence-electron chi connectivity index (χ0n) is 21.8. The first-order valence-electron chi connectivity index (χ1n) is 13.0. The van der Waals surface area contributed by atoms with Gasteiger partial charge in [0.15, 0.2) is 11.9 Å². The van der Waals surface area contributed by atoms with E-state index in [2.05, 4.69) is 0 Å². The van der Waals surface area contributed by atoms with Gasteiger partial charge in [-0.15, -0.1) is 0 Å². The number of hydrogen-bond acceptors (Lipinski definition) is 8. The highest BCUT2D eigenvalue weighted by Gasteiger charge is 2.44. The van der Waals surface area contributed by atoms with Crippen LogP contribution in [0.5, 0.6) is 0 Å². The first-order chi connectivity index (χ1) is 19.0. The molecule has 1 saturated heterocycles. The molecule has 0 spiro atoms. The summed E-state index contributed by atoms with van der Waals surface area (Å²) in [7, 11) is 0. The molecule has 2 aliphatic heterocycles. The minimum Gasteiger partial charge on any atom is -0.482 e. The third-order valence-corrected chi connectivity index (χ3v) is 6.54. The van der Waals surface area contributed by atoms with Crippen molar-refractivity contribution in [1.82, 2.24) is 4.90 Å². The summed E-state index contributed by atoms with van der Waals surface area (Å²) in [6, 6.07) is 18.3. The Bertz CT molecular complexity index is 1180. The lowest BCUT2D eigenvalue weighted by molar-refractivity contribution is -0.142. The van der Waals surface area contributed by atoms with E-state index in [-0.39, 0.29) is 25.6 Å². The maximum absolute atomic E-state index is 13.3. The molecule has 2 amide bonds. The Labute approximate surface area is 227 Å². The molecule has 4 atom stereocenters. The minimum absolute atomic E-state index is 0.0558. The zero-order chi connectivity index (χ0) is 27.6. The third-order valence-electron chi connectivity index (χ3n) is 6.54. The topological polar surface area (TPSA) is 112 Å². The van der Waals surface area contributed by atoms with Crippen LogP contribution >= 0.6 is 0 Å². The van der Waals surface area contributed by atoms with Gasteiger partial charge in [-0.05, 0) is 42.7 Å². The Morgan fingerprint density at radius 1 is 1.10 bits per heavy atom. The number of aliphatic hydroxyl groups excluding tert-OH is 1. The van der Waals surface area contributed by atoms with E-state index in [0.717, 1.165) is 16.0 Å². The molecule has 206 valence electrons. The fourth-order valence-corrected chi connectivity index (χ4v) is 4.34. The number of amides is 2. The summed E-state index contributed by atoms with van der Waals surface area (Å²) in [6.07, 6.45) is 2.92. The minimum atomic E-state index is -1.07. The standard InChI is InChI=1S/C30H33NO8/c1-21(29(34)31-26(20-38-30(31)35)23-11-6-3-7-12-23)28-27(33)15-14-24(39-28)13-8-16-36-19-25(17-32)37-18-22-9-4-2-5-10-22/h2-7,9-15,21,25-26,28,32H,8,16-20H2,1H3/t21-,25-,26+,28+/m1/s1. The van der Waals surface area contributed by atoms with Gasteiger partial charge in [0.2, 0.25) is 5.91 Å². The van der Waals surface area contributed by atoms with Crippen LogP contribution in [-0.2, 0) is 35.1 Å². The molecule has 2 aliphatic rings. The fraction of sp³-hybridized carbons (Fsp3) is 0.367. The number of rotatable bonds is 12. The van der Waals surface area contributed by atoms with Crippen molar-refractivity contribution in [2.75, 3.05) is 26.4 Å². The van der Waals surface area contributed by atoms with Gasteiger partial charge in [-0.1, -0.05) is 60.7 Å². The summed E-state index contributed by atoms with van der Waals surface area (Å²) < 4.78 is 22.4. The summed E-state index contributed by atoms with van der Waals surface area (Å²) in [5.41, 5.74) is 1.78. The van der Waals surface area contributed by atoms with E-state index in [0.29, 0.717) is 25.4 Å². The average molecular weight is 536 g/mol. The summed E-state index contributed by atoms with van der Waals surface area (Å²) in [5, 5.41) is 9.55. The molecule has 0 radical (unpaired) electrons. The van der Waals surface area contributed by atoms with Crippen LogP contribution in [0.25, 0.3) is 0 Å². The predicted octanol–water partition coefficient (Wildman–Crippen LogP) is 3.74. The lowest BCUT2D eigenvalue weighted by atomic mass is 9.96. The number of imide groups is 1. The van der Waals surface area contributed by atoms with E-state index in [1.54, 1.807) is 19.1 Å². The Morgan fingerprint density at radius 3 is 2.54 bits per heavy atom. The molecular weight excluding hydrogens is 502 g/mol. The van der Waals surface area contributed by atoms with E-state index < -0.39 is 36.2 Å². The van der Waals surface area contributed by atoms with Crippen LogP contribution < -0.4 is 0 Å². The summed E-state index contributed by atoms with van der Waals surface area (Å²) in [4.78, 5) is 39.4. The Hall–Kier alpha value is -3.79. The van der Waals surface area contributed by atoms with Gasteiger partial charge >= 0.3 is 6.09 Å². The highest BCUT2D eigenvalue weighted by Crippen LogP contribution is 2.31. The maximum atomic E-state index is 13.3. The quantitative estimate of drug-likeness (QED) is 0.409. The highest BCUT2D eigenvalue weighted by atomic mass is 16.6. The molecule has 2 heterocycles. The molecule has 9 nitrogen and oxygen atoms in total. The number of cyclic esters (lactones) is 1. The van der Waals surface area contributed by atoms with Crippen molar-refractivity contribution < 1.29 is 38.4 Å². The van der Waals surface area contributed by atoms with Crippen molar-refractivity contribution in [1.29, 1.82) is 0 Å². The van der Waals surface area contributed by atoms with Gasteiger partial charge in [-0.2, -0.15) is 0 Å². The Morgan fingerprint density at radius 2 is 1.82 bits per heavy atom. The molecule has 9 heteroatoms. The second-order valence-electron chi connectivity index (χ2n) is 9.35. The van der Waals surface area contributed by atoms with Crippen LogP contribution in [0.1, 0.15) is 30.5 Å². The van der Waals surface area contributed by atoms with Crippen molar-refractivity contribution in [3.63, 3.8) is 0 Å². The monoisotopic (exact) mass is 535 g/mol. The molecule has 2 aromatic carbocycles. The summed E-state index contributed by atoms with van der Waals surface area (Å²) in [6.45, 7) is 2.42. The van der Waals surface area contributed by atoms with E-state index in [9.17, 15) is 19.5 Å². The van der Waals surface area contributed by atoms with Crippen molar-refractivity contribution in [3.8, 4) is 0 Å². The lowest BCUT2D eigenvalue weighted by Crippen LogP contribution is -2.45. The van der Waals surface area contributed by atoms with Crippen LogP contribution in [-0.4, -0.2) is 66.4 Å². The molecule has 39 heavy (non-hydrogen) atoms. The number of ether oxygens (including phenoxy) is 4. The highest BCUT2D eigenvalue weighted by molar-refractivity contribution is 6.01. The second kappa shape index (κ2) is 13.8. The maximum Gasteiger partial charge on any atom is 0.417 e. The number of hydrogen-bond donors (Lipinski definition) is 1. The van der Waals surface area contributed by atoms with Gasteiger partial charge in [0, 0.05) is 0 Å². The molecular formula is C30H33NO8. The van der Waals surface area contributed by atoms with Crippen LogP contribution in [0.15, 0.2) is 84.7 Å². The molecule has 2 aromatic rings. The Kier molecular flexibility index (Phi) is 10.0. The normalized spacial score (nSPS) is 21.5. The number of nitrogens with zero attached hydrogens (tertiary/aromatic N) is 1. The number of benzene rings is 2. The first kappa shape index (κ1) is 28.2. The number of aliphatic hydroxyl groups is 1. The van der Waals surface area contributed by atoms with Gasteiger partial charge in [0.05, 0.1) is 32.3 Å². The molecule has 4 rings (SSSR count). The molecule has 1 N–H and O–H groups in total. The third kappa shape index (κ3) is 7.41. The SMILES string of the molecule is C[C@@H](C(=O)N1C(=O)OC[C@H]1c1ccccc1)[C@@H]1OC(=CCCOC[C@@H](CO)OCc2ccccc2)C=CC1=O. The van der Waals surface area contributed by atoms with Crippen molar-refractivity contribution >= 4 is 17.8 Å². The van der Waals surface area contributed by atoms with Crippen molar-refractivity contribution in [2.45, 2.75) is 38.2 Å². The van der Waals surface area contributed by atoms with Crippen molar-refractivity contribution in [2.24, 2.45) is 5.92 Å². The van der Waals surface area contributed by atoms with Gasteiger partial charge < -0.3 is 24.1 Å². The second-order valence-corrected chi connectivity index (χ2v) is 9.35. The Balaban J connectivity index is 1.27. The largest absolute Gasteiger partial charge is 0.482 e. The molecule has 0 bridgehead atoms. The summed E-state index contributed by atoms with van der Waals surface area (Å²) in [5.74, 6) is -1.36. The molecule has 0 aromatic heterocycles. The fourth-order valence-electron chi connectivity index (χ4n) is 4.34. The van der Waals surface area contributed by atoms with E-state index in [1.165, 1.54) is 6.08 Å². The van der Waals surface area contributed by atoms with E-state index in [1.807, 2.05) is 60.7 Å². The predicted molar refractivity (Wildman–Crippen MR) is 141 cm³/mol. The number of carbonyl (C=O) groups is 3. The van der Waals surface area contributed by atoms with E-state index >= 15 is 0 Å². The van der Waals surface area contributed by atoms with Crippen molar-refractivity contribution in [3.05, 3.63) is 95.8 Å². The number of ketones is 1. The molecule has 1 fully saturated rings. The van der Waals surface area contributed by atoms with E-state index in [4.69, 9.17) is 18.9 Å². The zero-order valence-corrected chi connectivity index (χ0v) is 21.8.